The molecule has 86 valence electrons. The highest BCUT2D eigenvalue weighted by Gasteiger charge is 2.19. The van der Waals surface area contributed by atoms with Crippen LogP contribution in [0.3, 0.4) is 0 Å². The maximum absolute atomic E-state index is 11.6. The monoisotopic (exact) mass is 283 g/mol. The molecule has 16 heavy (non-hydrogen) atoms. The first-order valence-electron chi connectivity index (χ1n) is 5.27. The lowest BCUT2D eigenvalue weighted by atomic mass is 9.93. The summed E-state index contributed by atoms with van der Waals surface area (Å²) in [6.07, 6.45) is 3.35. The number of nitrogen functional groups attached to an aromatic ring is 1. The second-order valence-electron chi connectivity index (χ2n) is 3.97. The van der Waals surface area contributed by atoms with Gasteiger partial charge in [0.25, 0.3) is 0 Å². The highest BCUT2D eigenvalue weighted by atomic mass is 79.9. The lowest BCUT2D eigenvalue weighted by Gasteiger charge is -2.26. The zero-order valence-electron chi connectivity index (χ0n) is 8.79. The summed E-state index contributed by atoms with van der Waals surface area (Å²) >= 11 is 3.36. The fourth-order valence-corrected chi connectivity index (χ4v) is 1.88. The van der Waals surface area contributed by atoms with Crippen LogP contribution in [0.25, 0.3) is 0 Å². The minimum atomic E-state index is -0.170. The van der Waals surface area contributed by atoms with E-state index in [1.165, 1.54) is 6.42 Å². The third kappa shape index (κ3) is 2.66. The number of carbonyl (C=O) groups excluding carboxylic acids is 1. The van der Waals surface area contributed by atoms with E-state index in [9.17, 15) is 4.79 Å². The third-order valence-electron chi connectivity index (χ3n) is 2.68. The summed E-state index contributed by atoms with van der Waals surface area (Å²) in [5.41, 5.74) is 6.97. The van der Waals surface area contributed by atoms with Crippen LogP contribution in [-0.4, -0.2) is 12.1 Å². The topological polar surface area (TPSA) is 67.1 Å². The Bertz CT molecular complexity index is 404. The van der Waals surface area contributed by atoms with Gasteiger partial charge in [-0.25, -0.2) is 4.79 Å². The van der Waals surface area contributed by atoms with Gasteiger partial charge in [-0.2, -0.15) is 0 Å². The predicted octanol–water partition coefficient (Wildman–Crippen LogP) is 2.71. The molecule has 1 fully saturated rings. The predicted molar refractivity (Wildman–Crippen MR) is 68.3 cm³/mol. The number of hydrogen-bond donors (Lipinski definition) is 3. The van der Waals surface area contributed by atoms with Crippen molar-refractivity contribution in [3.05, 3.63) is 22.7 Å². The molecule has 1 aromatic carbocycles. The first kappa shape index (κ1) is 11.3. The molecule has 1 aromatic rings. The van der Waals surface area contributed by atoms with Gasteiger partial charge in [0.05, 0.1) is 5.69 Å². The SMILES string of the molecule is Nc1ccc(Br)c(NC(=O)NC2CCC2)c1. The summed E-state index contributed by atoms with van der Waals surface area (Å²) in [6.45, 7) is 0. The number of amides is 2. The van der Waals surface area contributed by atoms with E-state index < -0.39 is 0 Å². The van der Waals surface area contributed by atoms with E-state index in [1.54, 1.807) is 12.1 Å². The number of benzene rings is 1. The molecule has 0 saturated heterocycles. The van der Waals surface area contributed by atoms with Crippen LogP contribution in [0, 0.1) is 0 Å². The van der Waals surface area contributed by atoms with Crippen LogP contribution < -0.4 is 16.4 Å². The second kappa shape index (κ2) is 4.74. The van der Waals surface area contributed by atoms with Crippen molar-refractivity contribution < 1.29 is 4.79 Å². The number of rotatable bonds is 2. The lowest BCUT2D eigenvalue weighted by Crippen LogP contribution is -2.41. The standard InChI is InChI=1S/C11H14BrN3O/c12-9-5-4-7(13)6-10(9)15-11(16)14-8-2-1-3-8/h4-6,8H,1-3,13H2,(H2,14,15,16). The molecule has 2 amide bonds. The fraction of sp³-hybridized carbons (Fsp3) is 0.364. The van der Waals surface area contributed by atoms with Gasteiger partial charge in [0.2, 0.25) is 0 Å². The molecule has 4 nitrogen and oxygen atoms in total. The maximum Gasteiger partial charge on any atom is 0.319 e. The Kier molecular flexibility index (Phi) is 3.33. The Morgan fingerprint density at radius 2 is 2.19 bits per heavy atom. The zero-order valence-corrected chi connectivity index (χ0v) is 10.4. The molecule has 4 N–H and O–H groups in total. The van der Waals surface area contributed by atoms with Crippen LogP contribution in [0.1, 0.15) is 19.3 Å². The van der Waals surface area contributed by atoms with Gasteiger partial charge in [-0.05, 0) is 53.4 Å². The number of halogens is 1. The summed E-state index contributed by atoms with van der Waals surface area (Å²) in [5, 5.41) is 5.67. The minimum Gasteiger partial charge on any atom is -0.399 e. The third-order valence-corrected chi connectivity index (χ3v) is 3.37. The van der Waals surface area contributed by atoms with Gasteiger partial charge in [-0.1, -0.05) is 0 Å². The van der Waals surface area contributed by atoms with Gasteiger partial charge in [0.1, 0.15) is 0 Å². The first-order chi connectivity index (χ1) is 7.65. The highest BCUT2D eigenvalue weighted by Crippen LogP contribution is 2.25. The molecule has 0 bridgehead atoms. The number of hydrogen-bond acceptors (Lipinski definition) is 2. The van der Waals surface area contributed by atoms with Crippen molar-refractivity contribution >= 4 is 33.3 Å². The van der Waals surface area contributed by atoms with Crippen LogP contribution in [0.4, 0.5) is 16.2 Å². The zero-order chi connectivity index (χ0) is 11.5. The van der Waals surface area contributed by atoms with E-state index >= 15 is 0 Å². The van der Waals surface area contributed by atoms with E-state index in [1.807, 2.05) is 6.07 Å². The van der Waals surface area contributed by atoms with Crippen molar-refractivity contribution in [2.75, 3.05) is 11.1 Å². The Labute approximate surface area is 103 Å². The first-order valence-corrected chi connectivity index (χ1v) is 6.07. The molecule has 0 radical (unpaired) electrons. The van der Waals surface area contributed by atoms with Gasteiger partial charge >= 0.3 is 6.03 Å². The molecule has 5 heteroatoms. The van der Waals surface area contributed by atoms with Crippen LogP contribution in [-0.2, 0) is 0 Å². The second-order valence-corrected chi connectivity index (χ2v) is 4.82. The molecule has 0 heterocycles. The van der Waals surface area contributed by atoms with Gasteiger partial charge in [0, 0.05) is 16.2 Å². The number of urea groups is 1. The number of anilines is 2. The number of nitrogens with one attached hydrogen (secondary N) is 2. The van der Waals surface area contributed by atoms with Crippen LogP contribution >= 0.6 is 15.9 Å². The fourth-order valence-electron chi connectivity index (χ4n) is 1.54. The molecular formula is C11H14BrN3O. The van der Waals surface area contributed by atoms with Crippen molar-refractivity contribution in [3.63, 3.8) is 0 Å². The molecule has 0 aromatic heterocycles. The molecule has 1 saturated carbocycles. The summed E-state index contributed by atoms with van der Waals surface area (Å²) in [4.78, 5) is 11.6. The maximum atomic E-state index is 11.6. The van der Waals surface area contributed by atoms with Gasteiger partial charge in [-0.3, -0.25) is 0 Å². The van der Waals surface area contributed by atoms with Gasteiger partial charge < -0.3 is 16.4 Å². The number of nitrogens with two attached hydrogens (primary N) is 1. The molecule has 0 spiro atoms. The average Bonchev–Trinajstić information content (AvgIpc) is 2.18. The summed E-state index contributed by atoms with van der Waals surface area (Å²) < 4.78 is 0.824. The number of carbonyl (C=O) groups is 1. The normalized spacial score (nSPS) is 15.3. The lowest BCUT2D eigenvalue weighted by molar-refractivity contribution is 0.240. The van der Waals surface area contributed by atoms with Crippen LogP contribution in [0.2, 0.25) is 0 Å². The Morgan fingerprint density at radius 1 is 1.44 bits per heavy atom. The van der Waals surface area contributed by atoms with Crippen LogP contribution in [0.5, 0.6) is 0 Å². The Morgan fingerprint density at radius 3 is 2.81 bits per heavy atom. The summed E-state index contributed by atoms with van der Waals surface area (Å²) in [6, 6.07) is 5.48. The Balaban J connectivity index is 1.96. The van der Waals surface area contributed by atoms with Crippen molar-refractivity contribution in [2.24, 2.45) is 0 Å². The van der Waals surface area contributed by atoms with Gasteiger partial charge in [0.15, 0.2) is 0 Å². The smallest absolute Gasteiger partial charge is 0.319 e. The molecule has 0 aliphatic heterocycles. The van der Waals surface area contributed by atoms with E-state index in [0.717, 1.165) is 17.3 Å². The molecule has 1 aliphatic rings. The minimum absolute atomic E-state index is 0.170. The van der Waals surface area contributed by atoms with E-state index in [4.69, 9.17) is 5.73 Å². The Hall–Kier alpha value is -1.23. The molecule has 1 aliphatic carbocycles. The average molecular weight is 284 g/mol. The highest BCUT2D eigenvalue weighted by molar-refractivity contribution is 9.10. The molecular weight excluding hydrogens is 270 g/mol. The molecule has 2 rings (SSSR count). The van der Waals surface area contributed by atoms with Crippen molar-refractivity contribution in [1.82, 2.24) is 5.32 Å². The van der Waals surface area contributed by atoms with E-state index in [2.05, 4.69) is 26.6 Å². The summed E-state index contributed by atoms with van der Waals surface area (Å²) in [5.74, 6) is 0. The molecule has 0 unspecified atom stereocenters. The van der Waals surface area contributed by atoms with E-state index in [-0.39, 0.29) is 6.03 Å². The quantitative estimate of drug-likeness (QED) is 0.731. The van der Waals surface area contributed by atoms with Crippen LogP contribution in [0.15, 0.2) is 22.7 Å². The van der Waals surface area contributed by atoms with Crippen molar-refractivity contribution in [2.45, 2.75) is 25.3 Å². The van der Waals surface area contributed by atoms with Crippen molar-refractivity contribution in [3.8, 4) is 0 Å². The molecule has 0 atom stereocenters. The van der Waals surface area contributed by atoms with Gasteiger partial charge in [-0.15, -0.1) is 0 Å². The van der Waals surface area contributed by atoms with E-state index in [0.29, 0.717) is 17.4 Å². The van der Waals surface area contributed by atoms with Crippen molar-refractivity contribution in [1.29, 1.82) is 0 Å². The summed E-state index contributed by atoms with van der Waals surface area (Å²) in [7, 11) is 0. The largest absolute Gasteiger partial charge is 0.399 e.